The van der Waals surface area contributed by atoms with Gasteiger partial charge in [0.15, 0.2) is 0 Å². The van der Waals surface area contributed by atoms with Crippen LogP contribution in [-0.4, -0.2) is 31.5 Å². The molecule has 0 radical (unpaired) electrons. The number of carbonyl (C=O) groups excluding carboxylic acids is 1. The standard InChI is InChI=1S/C19H21NO3S/c1-24-16-10-8-14(9-11-16)20-19(21)17-6-2-3-7-18(17)23-13-15-5-4-12-22-15/h2-3,6-11,15H,4-5,12-13H2,1H3,(H,20,21). The summed E-state index contributed by atoms with van der Waals surface area (Å²) in [6.07, 6.45) is 4.23. The molecular formula is C19H21NO3S. The first-order chi connectivity index (χ1) is 11.8. The van der Waals surface area contributed by atoms with Crippen LogP contribution >= 0.6 is 11.8 Å². The quantitative estimate of drug-likeness (QED) is 0.798. The third-order valence-corrected chi connectivity index (χ3v) is 4.67. The van der Waals surface area contributed by atoms with Crippen molar-refractivity contribution >= 4 is 23.4 Å². The van der Waals surface area contributed by atoms with E-state index in [1.807, 2.05) is 48.7 Å². The molecule has 1 atom stereocenters. The van der Waals surface area contributed by atoms with Crippen molar-refractivity contribution < 1.29 is 14.3 Å². The summed E-state index contributed by atoms with van der Waals surface area (Å²) in [6.45, 7) is 1.27. The number of amides is 1. The average molecular weight is 343 g/mol. The lowest BCUT2D eigenvalue weighted by Crippen LogP contribution is -2.19. The van der Waals surface area contributed by atoms with E-state index in [0.717, 1.165) is 30.0 Å². The van der Waals surface area contributed by atoms with Gasteiger partial charge in [-0.3, -0.25) is 4.79 Å². The molecule has 24 heavy (non-hydrogen) atoms. The summed E-state index contributed by atoms with van der Waals surface area (Å²) in [5.41, 5.74) is 1.30. The van der Waals surface area contributed by atoms with Gasteiger partial charge in [-0.2, -0.15) is 0 Å². The Labute approximate surface area is 146 Å². The summed E-state index contributed by atoms with van der Waals surface area (Å²) >= 11 is 1.67. The summed E-state index contributed by atoms with van der Waals surface area (Å²) in [4.78, 5) is 13.7. The van der Waals surface area contributed by atoms with Gasteiger partial charge < -0.3 is 14.8 Å². The first-order valence-electron chi connectivity index (χ1n) is 8.05. The van der Waals surface area contributed by atoms with Crippen LogP contribution in [0.15, 0.2) is 53.4 Å². The highest BCUT2D eigenvalue weighted by molar-refractivity contribution is 7.98. The zero-order chi connectivity index (χ0) is 16.8. The largest absolute Gasteiger partial charge is 0.490 e. The normalized spacial score (nSPS) is 16.8. The fourth-order valence-corrected chi connectivity index (χ4v) is 3.02. The van der Waals surface area contributed by atoms with Crippen LogP contribution in [0.1, 0.15) is 23.2 Å². The molecule has 126 valence electrons. The van der Waals surface area contributed by atoms with Crippen LogP contribution in [0.5, 0.6) is 5.75 Å². The van der Waals surface area contributed by atoms with Crippen molar-refractivity contribution in [3.63, 3.8) is 0 Å². The topological polar surface area (TPSA) is 47.6 Å². The number of hydrogen-bond donors (Lipinski definition) is 1. The van der Waals surface area contributed by atoms with Crippen LogP contribution in [0.4, 0.5) is 5.69 Å². The van der Waals surface area contributed by atoms with Crippen molar-refractivity contribution in [3.8, 4) is 5.75 Å². The van der Waals surface area contributed by atoms with Crippen molar-refractivity contribution in [1.29, 1.82) is 0 Å². The van der Waals surface area contributed by atoms with Crippen LogP contribution in [0.25, 0.3) is 0 Å². The van der Waals surface area contributed by atoms with Crippen molar-refractivity contribution in [3.05, 3.63) is 54.1 Å². The minimum Gasteiger partial charge on any atom is -0.490 e. The average Bonchev–Trinajstić information content (AvgIpc) is 3.14. The summed E-state index contributed by atoms with van der Waals surface area (Å²) in [5, 5.41) is 2.92. The summed E-state index contributed by atoms with van der Waals surface area (Å²) < 4.78 is 11.4. The predicted molar refractivity (Wildman–Crippen MR) is 97.1 cm³/mol. The number of thioether (sulfide) groups is 1. The monoisotopic (exact) mass is 343 g/mol. The molecule has 2 aromatic carbocycles. The molecule has 2 aromatic rings. The zero-order valence-corrected chi connectivity index (χ0v) is 14.5. The molecule has 0 spiro atoms. The van der Waals surface area contributed by atoms with Crippen molar-refractivity contribution in [2.24, 2.45) is 0 Å². The molecule has 1 aliphatic rings. The number of hydrogen-bond acceptors (Lipinski definition) is 4. The second kappa shape index (κ2) is 8.22. The first kappa shape index (κ1) is 16.9. The minimum absolute atomic E-state index is 0.125. The fourth-order valence-electron chi connectivity index (χ4n) is 2.61. The SMILES string of the molecule is CSc1ccc(NC(=O)c2ccccc2OCC2CCCO2)cc1. The van der Waals surface area contributed by atoms with E-state index in [9.17, 15) is 4.79 Å². The number of anilines is 1. The molecule has 5 heteroatoms. The molecule has 1 aliphatic heterocycles. The Morgan fingerprint density at radius 3 is 2.75 bits per heavy atom. The molecular weight excluding hydrogens is 322 g/mol. The first-order valence-corrected chi connectivity index (χ1v) is 9.27. The van der Waals surface area contributed by atoms with Crippen LogP contribution in [0.2, 0.25) is 0 Å². The van der Waals surface area contributed by atoms with E-state index in [0.29, 0.717) is 17.9 Å². The van der Waals surface area contributed by atoms with Gasteiger partial charge in [0.1, 0.15) is 12.4 Å². The van der Waals surface area contributed by atoms with E-state index in [4.69, 9.17) is 9.47 Å². The van der Waals surface area contributed by atoms with Crippen LogP contribution in [-0.2, 0) is 4.74 Å². The molecule has 4 nitrogen and oxygen atoms in total. The minimum atomic E-state index is -0.171. The van der Waals surface area contributed by atoms with Gasteiger partial charge in [-0.25, -0.2) is 0 Å². The second-order valence-electron chi connectivity index (χ2n) is 5.62. The van der Waals surface area contributed by atoms with Gasteiger partial charge in [0.05, 0.1) is 11.7 Å². The van der Waals surface area contributed by atoms with Gasteiger partial charge in [0.2, 0.25) is 0 Å². The summed E-state index contributed by atoms with van der Waals surface area (Å²) in [7, 11) is 0. The van der Waals surface area contributed by atoms with E-state index >= 15 is 0 Å². The lowest BCUT2D eigenvalue weighted by atomic mass is 10.1. The van der Waals surface area contributed by atoms with Crippen molar-refractivity contribution in [2.75, 3.05) is 24.8 Å². The van der Waals surface area contributed by atoms with Crippen LogP contribution in [0.3, 0.4) is 0 Å². The van der Waals surface area contributed by atoms with E-state index < -0.39 is 0 Å². The Morgan fingerprint density at radius 2 is 2.04 bits per heavy atom. The zero-order valence-electron chi connectivity index (χ0n) is 13.7. The maximum Gasteiger partial charge on any atom is 0.259 e. The van der Waals surface area contributed by atoms with Gasteiger partial charge in [0.25, 0.3) is 5.91 Å². The maximum absolute atomic E-state index is 12.6. The Hall–Kier alpha value is -1.98. The number of carbonyl (C=O) groups is 1. The Morgan fingerprint density at radius 1 is 1.25 bits per heavy atom. The second-order valence-corrected chi connectivity index (χ2v) is 6.50. The molecule has 0 aromatic heterocycles. The van der Waals surface area contributed by atoms with Crippen molar-refractivity contribution in [2.45, 2.75) is 23.8 Å². The van der Waals surface area contributed by atoms with Gasteiger partial charge in [-0.1, -0.05) is 12.1 Å². The Bertz CT molecular complexity index is 681. The number of para-hydroxylation sites is 1. The van der Waals surface area contributed by atoms with E-state index in [1.54, 1.807) is 17.8 Å². The lowest BCUT2D eigenvalue weighted by Gasteiger charge is -2.14. The van der Waals surface area contributed by atoms with E-state index in [2.05, 4.69) is 5.32 Å². The summed E-state index contributed by atoms with van der Waals surface area (Å²) in [6, 6.07) is 15.1. The predicted octanol–water partition coefficient (Wildman–Crippen LogP) is 4.22. The van der Waals surface area contributed by atoms with E-state index in [-0.39, 0.29) is 12.0 Å². The number of nitrogens with one attached hydrogen (secondary N) is 1. The molecule has 0 bridgehead atoms. The highest BCUT2D eigenvalue weighted by Gasteiger charge is 2.18. The molecule has 0 saturated carbocycles. The van der Waals surface area contributed by atoms with Crippen LogP contribution in [0, 0.1) is 0 Å². The molecule has 1 N–H and O–H groups in total. The third kappa shape index (κ3) is 4.30. The van der Waals surface area contributed by atoms with Gasteiger partial charge in [-0.05, 0) is 55.5 Å². The molecule has 0 aliphatic carbocycles. The molecule has 1 fully saturated rings. The number of rotatable bonds is 6. The van der Waals surface area contributed by atoms with Gasteiger partial charge >= 0.3 is 0 Å². The molecule has 1 unspecified atom stereocenters. The lowest BCUT2D eigenvalue weighted by molar-refractivity contribution is 0.0673. The molecule has 1 saturated heterocycles. The Balaban J connectivity index is 1.66. The van der Waals surface area contributed by atoms with Gasteiger partial charge in [0, 0.05) is 17.2 Å². The molecule has 1 amide bonds. The molecule has 3 rings (SSSR count). The van der Waals surface area contributed by atoms with Crippen LogP contribution < -0.4 is 10.1 Å². The highest BCUT2D eigenvalue weighted by atomic mass is 32.2. The third-order valence-electron chi connectivity index (χ3n) is 3.93. The van der Waals surface area contributed by atoms with Crippen molar-refractivity contribution in [1.82, 2.24) is 0 Å². The summed E-state index contributed by atoms with van der Waals surface area (Å²) in [5.74, 6) is 0.418. The number of benzene rings is 2. The maximum atomic E-state index is 12.6. The Kier molecular flexibility index (Phi) is 5.77. The number of ether oxygens (including phenoxy) is 2. The fraction of sp³-hybridized carbons (Fsp3) is 0.316. The molecule has 1 heterocycles. The highest BCUT2D eigenvalue weighted by Crippen LogP contribution is 2.23. The smallest absolute Gasteiger partial charge is 0.259 e. The van der Waals surface area contributed by atoms with E-state index in [1.165, 1.54) is 0 Å². The van der Waals surface area contributed by atoms with Gasteiger partial charge in [-0.15, -0.1) is 11.8 Å².